The lowest BCUT2D eigenvalue weighted by Crippen LogP contribution is -2.50. The zero-order chi connectivity index (χ0) is 17.3. The second kappa shape index (κ2) is 6.22. The highest BCUT2D eigenvalue weighted by Crippen LogP contribution is 2.36. The van der Waals surface area contributed by atoms with E-state index in [4.69, 9.17) is 5.11 Å². The molecule has 1 aliphatic carbocycles. The third kappa shape index (κ3) is 3.25. The van der Waals surface area contributed by atoms with Crippen molar-refractivity contribution < 1.29 is 23.9 Å². The van der Waals surface area contributed by atoms with Gasteiger partial charge in [-0.3, -0.25) is 9.59 Å². The molecule has 0 spiro atoms. The third-order valence-electron chi connectivity index (χ3n) is 4.69. The lowest BCUT2D eigenvalue weighted by Gasteiger charge is -2.32. The lowest BCUT2D eigenvalue weighted by atomic mass is 9.96. The molecule has 0 radical (unpaired) electrons. The van der Waals surface area contributed by atoms with Gasteiger partial charge >= 0.3 is 5.97 Å². The summed E-state index contributed by atoms with van der Waals surface area (Å²) in [5, 5.41) is 11.8. The molecule has 1 aromatic rings. The number of carbonyl (C=O) groups is 3. The number of halogens is 1. The molecule has 0 aromatic heterocycles. The summed E-state index contributed by atoms with van der Waals surface area (Å²) >= 11 is 0. The highest BCUT2D eigenvalue weighted by Gasteiger charge is 2.52. The third-order valence-corrected chi connectivity index (χ3v) is 4.69. The van der Waals surface area contributed by atoms with Crippen LogP contribution in [-0.2, 0) is 9.59 Å². The number of likely N-dealkylation sites (tertiary alicyclic amines) is 1. The fraction of sp³-hybridized carbons (Fsp3) is 0.471. The van der Waals surface area contributed by atoms with Gasteiger partial charge in [0.15, 0.2) is 0 Å². The summed E-state index contributed by atoms with van der Waals surface area (Å²) in [5.74, 6) is -2.39. The number of carboxylic acids is 1. The van der Waals surface area contributed by atoms with Crippen LogP contribution in [0.1, 0.15) is 36.0 Å². The number of carboxylic acid groups (broad SMARTS) is 1. The predicted octanol–water partition coefficient (Wildman–Crippen LogP) is 1.41. The van der Waals surface area contributed by atoms with Crippen molar-refractivity contribution in [1.82, 2.24) is 10.2 Å². The summed E-state index contributed by atoms with van der Waals surface area (Å²) in [6.45, 7) is 0.780. The zero-order valence-electron chi connectivity index (χ0n) is 13.1. The minimum atomic E-state index is -1.11. The van der Waals surface area contributed by atoms with Crippen LogP contribution in [0.4, 0.5) is 4.39 Å². The normalized spacial score (nSPS) is 21.9. The topological polar surface area (TPSA) is 86.7 Å². The zero-order valence-corrected chi connectivity index (χ0v) is 13.1. The van der Waals surface area contributed by atoms with Gasteiger partial charge in [-0.05, 0) is 49.9 Å². The molecule has 1 saturated carbocycles. The molecule has 3 rings (SSSR count). The van der Waals surface area contributed by atoms with Crippen molar-refractivity contribution in [3.63, 3.8) is 0 Å². The SMILES string of the molecule is O=C(NC1(C(=O)O)CC1)C1CCCN(C(=O)c2ccc(F)cc2)C1. The maximum Gasteiger partial charge on any atom is 0.329 e. The van der Waals surface area contributed by atoms with E-state index in [1.165, 1.54) is 24.3 Å². The van der Waals surface area contributed by atoms with Crippen molar-refractivity contribution in [1.29, 1.82) is 0 Å². The number of hydrogen-bond donors (Lipinski definition) is 2. The Labute approximate surface area is 138 Å². The molecule has 1 atom stereocenters. The van der Waals surface area contributed by atoms with Crippen LogP contribution in [0.2, 0.25) is 0 Å². The van der Waals surface area contributed by atoms with E-state index in [9.17, 15) is 18.8 Å². The summed E-state index contributed by atoms with van der Waals surface area (Å²) in [6.07, 6.45) is 2.18. The Morgan fingerprint density at radius 3 is 2.46 bits per heavy atom. The average molecular weight is 334 g/mol. The van der Waals surface area contributed by atoms with E-state index >= 15 is 0 Å². The van der Waals surface area contributed by atoms with E-state index in [0.717, 1.165) is 0 Å². The molecule has 2 amide bonds. The largest absolute Gasteiger partial charge is 0.480 e. The predicted molar refractivity (Wildman–Crippen MR) is 82.8 cm³/mol. The first-order valence-electron chi connectivity index (χ1n) is 8.01. The van der Waals surface area contributed by atoms with Gasteiger partial charge in [-0.1, -0.05) is 0 Å². The van der Waals surface area contributed by atoms with Gasteiger partial charge in [0, 0.05) is 18.7 Å². The smallest absolute Gasteiger partial charge is 0.329 e. The Hall–Kier alpha value is -2.44. The number of amides is 2. The first-order valence-corrected chi connectivity index (χ1v) is 8.01. The number of nitrogens with one attached hydrogen (secondary N) is 1. The summed E-state index contributed by atoms with van der Waals surface area (Å²) in [6, 6.07) is 5.30. The van der Waals surface area contributed by atoms with Gasteiger partial charge in [0.2, 0.25) is 5.91 Å². The molecule has 1 saturated heterocycles. The Morgan fingerprint density at radius 2 is 1.88 bits per heavy atom. The van der Waals surface area contributed by atoms with Crippen molar-refractivity contribution in [2.75, 3.05) is 13.1 Å². The monoisotopic (exact) mass is 334 g/mol. The van der Waals surface area contributed by atoms with Gasteiger partial charge in [0.1, 0.15) is 11.4 Å². The molecule has 128 valence electrons. The summed E-state index contributed by atoms with van der Waals surface area (Å²) in [5.41, 5.74) is -0.734. The molecule has 2 fully saturated rings. The summed E-state index contributed by atoms with van der Waals surface area (Å²) in [4.78, 5) is 37.6. The standard InChI is InChI=1S/C17H19FN2O4/c18-13-5-3-11(4-6-13)15(22)20-9-1-2-12(10-20)14(21)19-17(7-8-17)16(23)24/h3-6,12H,1-2,7-10H2,(H,19,21)(H,23,24). The van der Waals surface area contributed by atoms with Crippen LogP contribution in [0.15, 0.2) is 24.3 Å². The van der Waals surface area contributed by atoms with Crippen LogP contribution in [0.3, 0.4) is 0 Å². The number of rotatable bonds is 4. The molecule has 1 aromatic carbocycles. The Bertz CT molecular complexity index is 670. The molecule has 1 heterocycles. The number of nitrogens with zero attached hydrogens (tertiary/aromatic N) is 1. The average Bonchev–Trinajstić information content (AvgIpc) is 3.36. The van der Waals surface area contributed by atoms with Crippen molar-refractivity contribution in [2.24, 2.45) is 5.92 Å². The van der Waals surface area contributed by atoms with E-state index in [1.54, 1.807) is 4.90 Å². The van der Waals surface area contributed by atoms with E-state index < -0.39 is 23.2 Å². The molecule has 2 N–H and O–H groups in total. The van der Waals surface area contributed by atoms with Gasteiger partial charge in [0.05, 0.1) is 5.92 Å². The van der Waals surface area contributed by atoms with Crippen molar-refractivity contribution in [3.05, 3.63) is 35.6 Å². The van der Waals surface area contributed by atoms with Crippen LogP contribution in [0, 0.1) is 11.7 Å². The second-order valence-corrected chi connectivity index (χ2v) is 6.47. The van der Waals surface area contributed by atoms with Gasteiger partial charge < -0.3 is 15.3 Å². The fourth-order valence-corrected chi connectivity index (χ4v) is 3.01. The van der Waals surface area contributed by atoms with E-state index in [2.05, 4.69) is 5.32 Å². The van der Waals surface area contributed by atoms with Crippen LogP contribution < -0.4 is 5.32 Å². The van der Waals surface area contributed by atoms with Crippen LogP contribution in [0.5, 0.6) is 0 Å². The number of benzene rings is 1. The molecule has 24 heavy (non-hydrogen) atoms. The van der Waals surface area contributed by atoms with Crippen LogP contribution in [-0.4, -0.2) is 46.4 Å². The molecule has 1 unspecified atom stereocenters. The van der Waals surface area contributed by atoms with Gasteiger partial charge in [-0.25, -0.2) is 9.18 Å². The fourth-order valence-electron chi connectivity index (χ4n) is 3.01. The second-order valence-electron chi connectivity index (χ2n) is 6.47. The first-order chi connectivity index (χ1) is 11.4. The molecular weight excluding hydrogens is 315 g/mol. The Morgan fingerprint density at radius 1 is 1.21 bits per heavy atom. The van der Waals surface area contributed by atoms with Crippen molar-refractivity contribution in [2.45, 2.75) is 31.2 Å². The summed E-state index contributed by atoms with van der Waals surface area (Å²) in [7, 11) is 0. The minimum Gasteiger partial charge on any atom is -0.480 e. The van der Waals surface area contributed by atoms with Gasteiger partial charge in [-0.15, -0.1) is 0 Å². The number of piperidine rings is 1. The maximum atomic E-state index is 13.0. The molecular formula is C17H19FN2O4. The number of aliphatic carboxylic acids is 1. The summed E-state index contributed by atoms with van der Waals surface area (Å²) < 4.78 is 13.0. The highest BCUT2D eigenvalue weighted by atomic mass is 19.1. The van der Waals surface area contributed by atoms with Gasteiger partial charge in [0.25, 0.3) is 5.91 Å². The van der Waals surface area contributed by atoms with E-state index in [-0.39, 0.29) is 18.4 Å². The van der Waals surface area contributed by atoms with Crippen LogP contribution >= 0.6 is 0 Å². The van der Waals surface area contributed by atoms with E-state index in [1.807, 2.05) is 0 Å². The molecule has 1 aliphatic heterocycles. The highest BCUT2D eigenvalue weighted by molar-refractivity contribution is 5.95. The first kappa shape index (κ1) is 16.4. The number of carbonyl (C=O) groups excluding carboxylic acids is 2. The molecule has 0 bridgehead atoms. The molecule has 6 nitrogen and oxygen atoms in total. The minimum absolute atomic E-state index is 0.244. The van der Waals surface area contributed by atoms with E-state index in [0.29, 0.717) is 37.8 Å². The Balaban J connectivity index is 1.63. The van der Waals surface area contributed by atoms with Gasteiger partial charge in [-0.2, -0.15) is 0 Å². The number of hydrogen-bond acceptors (Lipinski definition) is 3. The Kier molecular flexibility index (Phi) is 4.26. The van der Waals surface area contributed by atoms with Crippen molar-refractivity contribution >= 4 is 17.8 Å². The lowest BCUT2D eigenvalue weighted by molar-refractivity contribution is -0.144. The molecule has 2 aliphatic rings. The van der Waals surface area contributed by atoms with Crippen molar-refractivity contribution in [3.8, 4) is 0 Å². The quantitative estimate of drug-likeness (QED) is 0.872. The maximum absolute atomic E-state index is 13.0. The molecule has 7 heteroatoms. The van der Waals surface area contributed by atoms with Crippen LogP contribution in [0.25, 0.3) is 0 Å².